The predicted octanol–water partition coefficient (Wildman–Crippen LogP) is 4.41. The number of benzene rings is 1. The van der Waals surface area contributed by atoms with Crippen molar-refractivity contribution in [2.24, 2.45) is 0 Å². The zero-order chi connectivity index (χ0) is 14.1. The molecule has 0 aliphatic rings. The lowest BCUT2D eigenvalue weighted by molar-refractivity contribution is 1.03. The van der Waals surface area contributed by atoms with Crippen LogP contribution in [0.2, 0.25) is 5.02 Å². The summed E-state index contributed by atoms with van der Waals surface area (Å²) in [7, 11) is 0. The fourth-order valence-electron chi connectivity index (χ4n) is 1.88. The fourth-order valence-corrected chi connectivity index (χ4v) is 2.72. The van der Waals surface area contributed by atoms with E-state index in [2.05, 4.69) is 31.1 Å². The monoisotopic (exact) mass is 366 g/mol. The van der Waals surface area contributed by atoms with Crippen molar-refractivity contribution >= 4 is 39.7 Å². The molecular formula is C13H8BrClN4S. The van der Waals surface area contributed by atoms with Gasteiger partial charge in [-0.15, -0.1) is 0 Å². The maximum absolute atomic E-state index is 6.15. The summed E-state index contributed by atoms with van der Waals surface area (Å²) in [5.74, 6) is 0.709. The molecular weight excluding hydrogens is 360 g/mol. The molecule has 0 aliphatic carbocycles. The van der Waals surface area contributed by atoms with Crippen molar-refractivity contribution in [3.05, 3.63) is 57.0 Å². The first-order chi connectivity index (χ1) is 9.68. The van der Waals surface area contributed by atoms with Crippen LogP contribution in [-0.2, 0) is 0 Å². The minimum atomic E-state index is 0.500. The molecule has 3 rings (SSSR count). The van der Waals surface area contributed by atoms with Crippen LogP contribution in [0.3, 0.4) is 0 Å². The van der Waals surface area contributed by atoms with Crippen LogP contribution in [0, 0.1) is 4.77 Å². The topological polar surface area (TPSA) is 46.5 Å². The number of nitrogens with zero attached hydrogens (tertiary/aromatic N) is 3. The average molecular weight is 368 g/mol. The van der Waals surface area contributed by atoms with Crippen LogP contribution >= 0.6 is 39.7 Å². The van der Waals surface area contributed by atoms with Gasteiger partial charge in [-0.3, -0.25) is 14.6 Å². The second kappa shape index (κ2) is 5.47. The first kappa shape index (κ1) is 13.5. The van der Waals surface area contributed by atoms with Crippen molar-refractivity contribution in [1.29, 1.82) is 0 Å². The van der Waals surface area contributed by atoms with Crippen molar-refractivity contribution in [1.82, 2.24) is 19.7 Å². The minimum Gasteiger partial charge on any atom is -0.267 e. The Kier molecular flexibility index (Phi) is 3.69. The normalized spacial score (nSPS) is 10.7. The summed E-state index contributed by atoms with van der Waals surface area (Å²) < 4.78 is 3.11. The molecule has 0 aliphatic heterocycles. The molecule has 0 atom stereocenters. The molecule has 3 aromatic rings. The number of H-pyrrole nitrogens is 1. The summed E-state index contributed by atoms with van der Waals surface area (Å²) in [6, 6.07) is 9.35. The van der Waals surface area contributed by atoms with Crippen molar-refractivity contribution in [2.45, 2.75) is 0 Å². The molecule has 0 fully saturated rings. The number of rotatable bonds is 2. The minimum absolute atomic E-state index is 0.500. The SMILES string of the molecule is S=c1[nH]nc(-c2ccncc2)n1-c1cccc(Cl)c1Br. The molecule has 100 valence electrons. The highest BCUT2D eigenvalue weighted by molar-refractivity contribution is 9.10. The predicted molar refractivity (Wildman–Crippen MR) is 84.7 cm³/mol. The molecule has 2 heterocycles. The Morgan fingerprint density at radius 3 is 2.70 bits per heavy atom. The van der Waals surface area contributed by atoms with Crippen molar-refractivity contribution < 1.29 is 0 Å². The van der Waals surface area contributed by atoms with E-state index in [1.807, 2.05) is 34.9 Å². The first-order valence-electron chi connectivity index (χ1n) is 5.70. The highest BCUT2D eigenvalue weighted by Gasteiger charge is 2.14. The van der Waals surface area contributed by atoms with E-state index in [1.54, 1.807) is 12.4 Å². The second-order valence-electron chi connectivity index (χ2n) is 4.00. The molecule has 0 amide bonds. The number of aromatic nitrogens is 4. The fraction of sp³-hybridized carbons (Fsp3) is 0. The van der Waals surface area contributed by atoms with Gasteiger partial charge < -0.3 is 0 Å². The summed E-state index contributed by atoms with van der Waals surface area (Å²) in [5, 5.41) is 7.72. The number of pyridine rings is 1. The molecule has 4 nitrogen and oxygen atoms in total. The number of hydrogen-bond donors (Lipinski definition) is 1. The molecule has 7 heteroatoms. The van der Waals surface area contributed by atoms with Gasteiger partial charge in [-0.05, 0) is 52.4 Å². The third-order valence-corrected chi connectivity index (χ3v) is 4.43. The quantitative estimate of drug-likeness (QED) is 0.683. The lowest BCUT2D eigenvalue weighted by Crippen LogP contribution is -1.99. The van der Waals surface area contributed by atoms with Gasteiger partial charge in [-0.2, -0.15) is 5.10 Å². The van der Waals surface area contributed by atoms with E-state index in [4.69, 9.17) is 23.8 Å². The van der Waals surface area contributed by atoms with Crippen molar-refractivity contribution in [2.75, 3.05) is 0 Å². The number of halogens is 2. The van der Waals surface area contributed by atoms with E-state index >= 15 is 0 Å². The summed E-state index contributed by atoms with van der Waals surface area (Å²) in [6.07, 6.45) is 3.43. The zero-order valence-electron chi connectivity index (χ0n) is 10.0. The molecule has 1 aromatic carbocycles. The molecule has 2 aromatic heterocycles. The van der Waals surface area contributed by atoms with Gasteiger partial charge in [0, 0.05) is 18.0 Å². The lowest BCUT2D eigenvalue weighted by atomic mass is 10.2. The highest BCUT2D eigenvalue weighted by atomic mass is 79.9. The van der Waals surface area contributed by atoms with E-state index < -0.39 is 0 Å². The Morgan fingerprint density at radius 1 is 1.20 bits per heavy atom. The second-order valence-corrected chi connectivity index (χ2v) is 5.58. The van der Waals surface area contributed by atoms with Gasteiger partial charge in [-0.25, -0.2) is 0 Å². The maximum Gasteiger partial charge on any atom is 0.200 e. The van der Waals surface area contributed by atoms with Crippen LogP contribution in [0.25, 0.3) is 17.1 Å². The Hall–Kier alpha value is -1.50. The van der Waals surface area contributed by atoms with Crippen molar-refractivity contribution in [3.63, 3.8) is 0 Å². The van der Waals surface area contributed by atoms with E-state index in [0.29, 0.717) is 15.6 Å². The highest BCUT2D eigenvalue weighted by Crippen LogP contribution is 2.31. The third kappa shape index (κ3) is 2.30. The van der Waals surface area contributed by atoms with E-state index in [-0.39, 0.29) is 0 Å². The molecule has 0 spiro atoms. The standard InChI is InChI=1S/C13H8BrClN4S/c14-11-9(15)2-1-3-10(11)19-12(17-18-13(19)20)8-4-6-16-7-5-8/h1-7H,(H,18,20). The maximum atomic E-state index is 6.15. The van der Waals surface area contributed by atoms with Gasteiger partial charge >= 0.3 is 0 Å². The molecule has 20 heavy (non-hydrogen) atoms. The van der Waals surface area contributed by atoms with E-state index in [9.17, 15) is 0 Å². The van der Waals surface area contributed by atoms with Crippen LogP contribution in [0.4, 0.5) is 0 Å². The summed E-state index contributed by atoms with van der Waals surface area (Å²) in [6.45, 7) is 0. The largest absolute Gasteiger partial charge is 0.267 e. The number of aromatic amines is 1. The molecule has 0 unspecified atom stereocenters. The van der Waals surface area contributed by atoms with Gasteiger partial charge in [0.15, 0.2) is 10.6 Å². The lowest BCUT2D eigenvalue weighted by Gasteiger charge is -2.09. The molecule has 0 radical (unpaired) electrons. The van der Waals surface area contributed by atoms with Crippen LogP contribution < -0.4 is 0 Å². The van der Waals surface area contributed by atoms with Gasteiger partial charge in [0.1, 0.15) is 0 Å². The Bertz CT molecular complexity index is 813. The summed E-state index contributed by atoms with van der Waals surface area (Å²) in [4.78, 5) is 4.01. The molecule has 0 bridgehead atoms. The van der Waals surface area contributed by atoms with Gasteiger partial charge in [0.05, 0.1) is 15.2 Å². The van der Waals surface area contributed by atoms with Crippen LogP contribution in [0.5, 0.6) is 0 Å². The van der Waals surface area contributed by atoms with Gasteiger partial charge in [0.25, 0.3) is 0 Å². The molecule has 0 saturated carbocycles. The van der Waals surface area contributed by atoms with Crippen LogP contribution in [0.1, 0.15) is 0 Å². The third-order valence-electron chi connectivity index (χ3n) is 2.78. The van der Waals surface area contributed by atoms with Crippen LogP contribution in [0.15, 0.2) is 47.2 Å². The van der Waals surface area contributed by atoms with Crippen LogP contribution in [-0.4, -0.2) is 19.7 Å². The molecule has 1 N–H and O–H groups in total. The van der Waals surface area contributed by atoms with Gasteiger partial charge in [0.2, 0.25) is 0 Å². The van der Waals surface area contributed by atoms with E-state index in [1.165, 1.54) is 0 Å². The van der Waals surface area contributed by atoms with E-state index in [0.717, 1.165) is 15.7 Å². The summed E-state index contributed by atoms with van der Waals surface area (Å²) >= 11 is 15.0. The average Bonchev–Trinajstić information content (AvgIpc) is 2.85. The van der Waals surface area contributed by atoms with Gasteiger partial charge in [-0.1, -0.05) is 17.7 Å². The van der Waals surface area contributed by atoms with Crippen molar-refractivity contribution in [3.8, 4) is 17.1 Å². The number of nitrogens with one attached hydrogen (secondary N) is 1. The molecule has 0 saturated heterocycles. The Balaban J connectivity index is 2.28. The smallest absolute Gasteiger partial charge is 0.200 e. The summed E-state index contributed by atoms with van der Waals surface area (Å²) in [5.41, 5.74) is 1.75. The zero-order valence-corrected chi connectivity index (χ0v) is 13.2. The Labute approximate surface area is 133 Å². The number of hydrogen-bond acceptors (Lipinski definition) is 3. The first-order valence-corrected chi connectivity index (χ1v) is 7.28. The Morgan fingerprint density at radius 2 is 1.95 bits per heavy atom.